The minimum absolute atomic E-state index is 0.0399. The largest absolute Gasteiger partial charge is 0.437 e. The van der Waals surface area contributed by atoms with E-state index in [2.05, 4.69) is 14.6 Å². The SMILES string of the molecule is Cn1nc(-c2cc(C=COC=O)c(Cl)cc2F)c(Cl)c1OC(F)F. The standard InChI is InChI=1S/C14H9Cl2F3N2O3/c1-21-13(24-14(18)19)11(16)12(20-21)8-4-7(2-3-23-6-22)9(15)5-10(8)17/h2-6,14H,1H3. The highest BCUT2D eigenvalue weighted by atomic mass is 35.5. The van der Waals surface area contributed by atoms with E-state index in [0.29, 0.717) is 5.56 Å². The second kappa shape index (κ2) is 7.59. The minimum Gasteiger partial charge on any atom is -0.437 e. The van der Waals surface area contributed by atoms with Crippen molar-refractivity contribution in [2.24, 2.45) is 7.05 Å². The molecule has 0 radical (unpaired) electrons. The summed E-state index contributed by atoms with van der Waals surface area (Å²) in [4.78, 5) is 10.1. The Morgan fingerprint density at radius 2 is 2.04 bits per heavy atom. The Kier molecular flexibility index (Phi) is 5.74. The Morgan fingerprint density at radius 3 is 2.67 bits per heavy atom. The van der Waals surface area contributed by atoms with E-state index in [1.54, 1.807) is 0 Å². The van der Waals surface area contributed by atoms with Gasteiger partial charge in [-0.3, -0.25) is 4.79 Å². The number of alkyl halides is 2. The zero-order valence-corrected chi connectivity index (χ0v) is 13.5. The first-order valence-corrected chi connectivity index (χ1v) is 7.03. The van der Waals surface area contributed by atoms with Gasteiger partial charge in [-0.2, -0.15) is 13.9 Å². The zero-order chi connectivity index (χ0) is 17.9. The maximum atomic E-state index is 14.2. The van der Waals surface area contributed by atoms with Crippen molar-refractivity contribution in [3.8, 4) is 17.1 Å². The summed E-state index contributed by atoms with van der Waals surface area (Å²) < 4.78 is 48.6. The lowest BCUT2D eigenvalue weighted by atomic mass is 10.1. The normalized spacial score (nSPS) is 11.3. The number of ether oxygens (including phenoxy) is 2. The fourth-order valence-corrected chi connectivity index (χ4v) is 2.41. The van der Waals surface area contributed by atoms with Crippen LogP contribution in [-0.2, 0) is 16.6 Å². The predicted molar refractivity (Wildman–Crippen MR) is 81.4 cm³/mol. The first-order chi connectivity index (χ1) is 11.3. The molecule has 0 amide bonds. The maximum Gasteiger partial charge on any atom is 0.388 e. The van der Waals surface area contributed by atoms with Crippen molar-refractivity contribution in [1.82, 2.24) is 9.78 Å². The molecular formula is C14H9Cl2F3N2O3. The van der Waals surface area contributed by atoms with Gasteiger partial charge in [-0.1, -0.05) is 23.2 Å². The molecule has 24 heavy (non-hydrogen) atoms. The average Bonchev–Trinajstić information content (AvgIpc) is 2.77. The van der Waals surface area contributed by atoms with E-state index < -0.39 is 18.3 Å². The summed E-state index contributed by atoms with van der Waals surface area (Å²) in [5, 5.41) is 3.65. The first-order valence-electron chi connectivity index (χ1n) is 6.27. The monoisotopic (exact) mass is 380 g/mol. The summed E-state index contributed by atoms with van der Waals surface area (Å²) in [5.74, 6) is -1.17. The molecular weight excluding hydrogens is 372 g/mol. The van der Waals surface area contributed by atoms with E-state index in [4.69, 9.17) is 23.2 Å². The van der Waals surface area contributed by atoms with Gasteiger partial charge in [0.1, 0.15) is 16.5 Å². The van der Waals surface area contributed by atoms with Crippen LogP contribution in [0.2, 0.25) is 10.0 Å². The van der Waals surface area contributed by atoms with Gasteiger partial charge in [0, 0.05) is 12.6 Å². The van der Waals surface area contributed by atoms with Gasteiger partial charge in [0.15, 0.2) is 0 Å². The van der Waals surface area contributed by atoms with Gasteiger partial charge < -0.3 is 9.47 Å². The van der Waals surface area contributed by atoms with Crippen LogP contribution in [0.15, 0.2) is 18.4 Å². The van der Waals surface area contributed by atoms with E-state index in [0.717, 1.165) is 17.0 Å². The molecule has 2 aromatic rings. The Bertz CT molecular complexity index is 794. The maximum absolute atomic E-state index is 14.2. The molecule has 0 bridgehead atoms. The molecule has 1 heterocycles. The smallest absolute Gasteiger partial charge is 0.388 e. The highest BCUT2D eigenvalue weighted by Crippen LogP contribution is 2.38. The fourth-order valence-electron chi connectivity index (χ4n) is 1.89. The second-order valence-electron chi connectivity index (χ2n) is 4.36. The molecule has 0 aliphatic heterocycles. The third kappa shape index (κ3) is 3.82. The number of benzene rings is 1. The van der Waals surface area contributed by atoms with Gasteiger partial charge in [0.25, 0.3) is 6.47 Å². The van der Waals surface area contributed by atoms with Crippen LogP contribution in [0.4, 0.5) is 13.2 Å². The fraction of sp³-hybridized carbons (Fsp3) is 0.143. The number of hydrogen-bond acceptors (Lipinski definition) is 4. The van der Waals surface area contributed by atoms with E-state index in [-0.39, 0.29) is 27.8 Å². The van der Waals surface area contributed by atoms with Crippen molar-refractivity contribution < 1.29 is 27.4 Å². The third-order valence-electron chi connectivity index (χ3n) is 2.86. The van der Waals surface area contributed by atoms with Crippen LogP contribution >= 0.6 is 23.2 Å². The molecule has 2 rings (SSSR count). The summed E-state index contributed by atoms with van der Waals surface area (Å²) in [6.07, 6.45) is 2.36. The number of aryl methyl sites for hydroxylation is 1. The summed E-state index contributed by atoms with van der Waals surface area (Å²) in [6.45, 7) is -2.92. The quantitative estimate of drug-likeness (QED) is 0.554. The number of nitrogens with zero attached hydrogens (tertiary/aromatic N) is 2. The second-order valence-corrected chi connectivity index (χ2v) is 5.14. The Labute approximate surface area is 144 Å². The summed E-state index contributed by atoms with van der Waals surface area (Å²) in [6, 6.07) is 2.28. The Morgan fingerprint density at radius 1 is 1.33 bits per heavy atom. The first kappa shape index (κ1) is 18.2. The van der Waals surface area contributed by atoms with Gasteiger partial charge in [0.05, 0.1) is 11.3 Å². The molecule has 0 N–H and O–H groups in total. The van der Waals surface area contributed by atoms with E-state index in [1.165, 1.54) is 19.2 Å². The number of hydrogen-bond donors (Lipinski definition) is 0. The number of halogens is 5. The van der Waals surface area contributed by atoms with E-state index >= 15 is 0 Å². The van der Waals surface area contributed by atoms with Crippen LogP contribution in [0.3, 0.4) is 0 Å². The van der Waals surface area contributed by atoms with Gasteiger partial charge in [0.2, 0.25) is 5.88 Å². The summed E-state index contributed by atoms with van der Waals surface area (Å²) >= 11 is 11.9. The molecule has 0 aliphatic carbocycles. The Balaban J connectivity index is 2.52. The predicted octanol–water partition coefficient (Wildman–Crippen LogP) is 4.28. The van der Waals surface area contributed by atoms with E-state index in [9.17, 15) is 18.0 Å². The van der Waals surface area contributed by atoms with Crippen LogP contribution in [0.5, 0.6) is 5.88 Å². The molecule has 1 aromatic heterocycles. The zero-order valence-electron chi connectivity index (χ0n) is 12.0. The number of rotatable bonds is 6. The molecule has 0 saturated heterocycles. The lowest BCUT2D eigenvalue weighted by molar-refractivity contribution is -0.123. The van der Waals surface area contributed by atoms with Crippen molar-refractivity contribution in [3.05, 3.63) is 39.8 Å². The van der Waals surface area contributed by atoms with Crippen LogP contribution in [0, 0.1) is 5.82 Å². The van der Waals surface area contributed by atoms with Crippen LogP contribution in [-0.4, -0.2) is 22.9 Å². The molecule has 0 spiro atoms. The van der Waals surface area contributed by atoms with E-state index in [1.807, 2.05) is 0 Å². The number of carbonyl (C=O) groups excluding carboxylic acids is 1. The average molecular weight is 381 g/mol. The van der Waals surface area contributed by atoms with Crippen molar-refractivity contribution in [1.29, 1.82) is 0 Å². The molecule has 0 saturated carbocycles. The van der Waals surface area contributed by atoms with Crippen molar-refractivity contribution >= 4 is 35.8 Å². The van der Waals surface area contributed by atoms with Gasteiger partial charge >= 0.3 is 6.61 Å². The van der Waals surface area contributed by atoms with Crippen molar-refractivity contribution in [2.45, 2.75) is 6.61 Å². The van der Waals surface area contributed by atoms with Gasteiger partial charge in [-0.15, -0.1) is 0 Å². The lowest BCUT2D eigenvalue weighted by Gasteiger charge is -2.05. The van der Waals surface area contributed by atoms with Gasteiger partial charge in [-0.05, 0) is 23.8 Å². The summed E-state index contributed by atoms with van der Waals surface area (Å²) in [5.41, 5.74) is 0.109. The van der Waals surface area contributed by atoms with Gasteiger partial charge in [-0.25, -0.2) is 9.07 Å². The van der Waals surface area contributed by atoms with Crippen LogP contribution in [0.25, 0.3) is 17.3 Å². The van der Waals surface area contributed by atoms with Crippen molar-refractivity contribution in [3.63, 3.8) is 0 Å². The van der Waals surface area contributed by atoms with Crippen LogP contribution in [0.1, 0.15) is 5.56 Å². The molecule has 128 valence electrons. The molecule has 0 unspecified atom stereocenters. The number of carbonyl (C=O) groups is 1. The molecule has 0 aliphatic rings. The molecule has 10 heteroatoms. The highest BCUT2D eigenvalue weighted by molar-refractivity contribution is 6.34. The molecule has 0 atom stereocenters. The molecule has 0 fully saturated rings. The topological polar surface area (TPSA) is 53.4 Å². The Hall–Kier alpha value is -2.19. The molecule has 1 aromatic carbocycles. The lowest BCUT2D eigenvalue weighted by Crippen LogP contribution is -2.06. The minimum atomic E-state index is -3.11. The molecule has 5 nitrogen and oxygen atoms in total. The van der Waals surface area contributed by atoms with Crippen LogP contribution < -0.4 is 4.74 Å². The van der Waals surface area contributed by atoms with Crippen molar-refractivity contribution in [2.75, 3.05) is 0 Å². The highest BCUT2D eigenvalue weighted by Gasteiger charge is 2.23. The number of aromatic nitrogens is 2. The summed E-state index contributed by atoms with van der Waals surface area (Å²) in [7, 11) is 1.32. The third-order valence-corrected chi connectivity index (χ3v) is 3.53.